The fourth-order valence-corrected chi connectivity index (χ4v) is 3.26. The first kappa shape index (κ1) is 17.4. The lowest BCUT2D eigenvalue weighted by molar-refractivity contribution is 0.865. The van der Waals surface area contributed by atoms with Crippen LogP contribution in [0.15, 0.2) is 91.0 Å². The molecule has 0 unspecified atom stereocenters. The van der Waals surface area contributed by atoms with Crippen LogP contribution in [0.1, 0.15) is 11.3 Å². The van der Waals surface area contributed by atoms with Crippen molar-refractivity contribution in [1.29, 1.82) is 0 Å². The van der Waals surface area contributed by atoms with E-state index in [4.69, 9.17) is 11.6 Å². The highest BCUT2D eigenvalue weighted by Gasteiger charge is 2.11. The Morgan fingerprint density at radius 3 is 2.00 bits per heavy atom. The minimum absolute atomic E-state index is 0.731. The standard InChI is InChI=1S/C24H19ClN2/c25-21-14-12-19(13-15-21)22-17-24(20-9-5-2-6-10-20)27-26-23(22)16-11-18-7-3-1-4-8-18/h1-10,12-15,17H,11,16H2. The summed E-state index contributed by atoms with van der Waals surface area (Å²) >= 11 is 6.08. The molecule has 4 aromatic rings. The van der Waals surface area contributed by atoms with Gasteiger partial charge in [0.15, 0.2) is 0 Å². The third-order valence-corrected chi connectivity index (χ3v) is 4.84. The summed E-state index contributed by atoms with van der Waals surface area (Å²) in [5.41, 5.74) is 6.46. The Bertz CT molecular complexity index is 1010. The molecule has 0 saturated heterocycles. The summed E-state index contributed by atoms with van der Waals surface area (Å²) in [5.74, 6) is 0. The van der Waals surface area contributed by atoms with Gasteiger partial charge in [-0.3, -0.25) is 0 Å². The van der Waals surface area contributed by atoms with Crippen LogP contribution in [0.2, 0.25) is 5.02 Å². The summed E-state index contributed by atoms with van der Waals surface area (Å²) in [6.45, 7) is 0. The number of nitrogens with zero attached hydrogens (tertiary/aromatic N) is 2. The molecule has 0 amide bonds. The molecule has 27 heavy (non-hydrogen) atoms. The molecule has 132 valence electrons. The van der Waals surface area contributed by atoms with E-state index in [1.165, 1.54) is 5.56 Å². The van der Waals surface area contributed by atoms with Crippen LogP contribution < -0.4 is 0 Å². The molecular weight excluding hydrogens is 352 g/mol. The summed E-state index contributed by atoms with van der Waals surface area (Å²) < 4.78 is 0. The summed E-state index contributed by atoms with van der Waals surface area (Å²) in [4.78, 5) is 0. The lowest BCUT2D eigenvalue weighted by Gasteiger charge is -2.11. The van der Waals surface area contributed by atoms with Gasteiger partial charge in [0.2, 0.25) is 0 Å². The fourth-order valence-electron chi connectivity index (χ4n) is 3.14. The van der Waals surface area contributed by atoms with Gasteiger partial charge in [0, 0.05) is 16.1 Å². The molecule has 0 radical (unpaired) electrons. The highest BCUT2D eigenvalue weighted by atomic mass is 35.5. The maximum Gasteiger partial charge on any atom is 0.0936 e. The molecule has 0 aliphatic rings. The largest absolute Gasteiger partial charge is 0.154 e. The molecule has 3 heteroatoms. The van der Waals surface area contributed by atoms with Crippen molar-refractivity contribution in [2.45, 2.75) is 12.8 Å². The molecule has 0 bridgehead atoms. The van der Waals surface area contributed by atoms with E-state index in [1.54, 1.807) is 0 Å². The first-order chi connectivity index (χ1) is 13.3. The molecule has 0 saturated carbocycles. The molecule has 1 aromatic heterocycles. The minimum Gasteiger partial charge on any atom is -0.154 e. The van der Waals surface area contributed by atoms with Crippen LogP contribution >= 0.6 is 11.6 Å². The molecule has 0 atom stereocenters. The third kappa shape index (κ3) is 4.24. The molecule has 2 nitrogen and oxygen atoms in total. The van der Waals surface area contributed by atoms with E-state index in [1.807, 2.05) is 48.5 Å². The SMILES string of the molecule is Clc1ccc(-c2cc(-c3ccccc3)nnc2CCc2ccccc2)cc1. The first-order valence-electron chi connectivity index (χ1n) is 9.01. The zero-order valence-corrected chi connectivity index (χ0v) is 15.6. The van der Waals surface area contributed by atoms with Crippen LogP contribution in [0.3, 0.4) is 0 Å². The number of benzene rings is 3. The fraction of sp³-hybridized carbons (Fsp3) is 0.0833. The molecule has 1 heterocycles. The Morgan fingerprint density at radius 2 is 1.30 bits per heavy atom. The molecule has 0 aliphatic heterocycles. The molecule has 0 fully saturated rings. The maximum atomic E-state index is 6.08. The maximum absolute atomic E-state index is 6.08. The van der Waals surface area contributed by atoms with Crippen molar-refractivity contribution >= 4 is 11.6 Å². The highest BCUT2D eigenvalue weighted by Crippen LogP contribution is 2.28. The molecule has 0 spiro atoms. The van der Waals surface area contributed by atoms with Crippen molar-refractivity contribution in [3.63, 3.8) is 0 Å². The van der Waals surface area contributed by atoms with Gasteiger partial charge >= 0.3 is 0 Å². The lowest BCUT2D eigenvalue weighted by atomic mass is 9.98. The Kier molecular flexibility index (Phi) is 5.27. The van der Waals surface area contributed by atoms with Gasteiger partial charge in [0.1, 0.15) is 0 Å². The third-order valence-electron chi connectivity index (χ3n) is 4.59. The normalized spacial score (nSPS) is 10.7. The summed E-state index contributed by atoms with van der Waals surface area (Å²) in [6, 6.07) is 30.7. The zero-order chi connectivity index (χ0) is 18.5. The van der Waals surface area contributed by atoms with Crippen LogP contribution in [-0.4, -0.2) is 10.2 Å². The Morgan fingerprint density at radius 1 is 0.630 bits per heavy atom. The van der Waals surface area contributed by atoms with Gasteiger partial charge in [-0.05, 0) is 42.2 Å². The van der Waals surface area contributed by atoms with Crippen molar-refractivity contribution in [2.75, 3.05) is 0 Å². The monoisotopic (exact) mass is 370 g/mol. The van der Waals surface area contributed by atoms with E-state index < -0.39 is 0 Å². The predicted molar refractivity (Wildman–Crippen MR) is 112 cm³/mol. The predicted octanol–water partition coefficient (Wildman–Crippen LogP) is 6.25. The van der Waals surface area contributed by atoms with E-state index in [9.17, 15) is 0 Å². The highest BCUT2D eigenvalue weighted by molar-refractivity contribution is 6.30. The smallest absolute Gasteiger partial charge is 0.0936 e. The number of aromatic nitrogens is 2. The molecule has 3 aromatic carbocycles. The van der Waals surface area contributed by atoms with Crippen molar-refractivity contribution in [3.05, 3.63) is 107 Å². The van der Waals surface area contributed by atoms with Gasteiger partial charge in [-0.15, -0.1) is 0 Å². The second-order valence-corrected chi connectivity index (χ2v) is 6.88. The van der Waals surface area contributed by atoms with Crippen molar-refractivity contribution < 1.29 is 0 Å². The van der Waals surface area contributed by atoms with Crippen molar-refractivity contribution in [1.82, 2.24) is 10.2 Å². The van der Waals surface area contributed by atoms with Gasteiger partial charge in [-0.1, -0.05) is 84.4 Å². The minimum atomic E-state index is 0.731. The second-order valence-electron chi connectivity index (χ2n) is 6.45. The van der Waals surface area contributed by atoms with E-state index in [0.717, 1.165) is 45.9 Å². The topological polar surface area (TPSA) is 25.8 Å². The molecule has 0 N–H and O–H groups in total. The van der Waals surface area contributed by atoms with Crippen LogP contribution in [0, 0.1) is 0 Å². The lowest BCUT2D eigenvalue weighted by Crippen LogP contribution is -2.01. The number of halogens is 1. The first-order valence-corrected chi connectivity index (χ1v) is 9.39. The Hall–Kier alpha value is -2.97. The van der Waals surface area contributed by atoms with E-state index >= 15 is 0 Å². The summed E-state index contributed by atoms with van der Waals surface area (Å²) in [6.07, 6.45) is 1.77. The van der Waals surface area contributed by atoms with Crippen LogP contribution in [0.5, 0.6) is 0 Å². The van der Waals surface area contributed by atoms with E-state index in [2.05, 4.69) is 52.7 Å². The van der Waals surface area contributed by atoms with Crippen LogP contribution in [0.4, 0.5) is 0 Å². The number of aryl methyl sites for hydroxylation is 2. The zero-order valence-electron chi connectivity index (χ0n) is 14.8. The van der Waals surface area contributed by atoms with Gasteiger partial charge in [0.25, 0.3) is 0 Å². The quantitative estimate of drug-likeness (QED) is 0.415. The van der Waals surface area contributed by atoms with E-state index in [0.29, 0.717) is 0 Å². The van der Waals surface area contributed by atoms with E-state index in [-0.39, 0.29) is 0 Å². The second kappa shape index (κ2) is 8.15. The van der Waals surface area contributed by atoms with Crippen molar-refractivity contribution in [3.8, 4) is 22.4 Å². The summed E-state index contributed by atoms with van der Waals surface area (Å²) in [5, 5.41) is 9.81. The van der Waals surface area contributed by atoms with Crippen LogP contribution in [0.25, 0.3) is 22.4 Å². The van der Waals surface area contributed by atoms with Crippen LogP contribution in [-0.2, 0) is 12.8 Å². The van der Waals surface area contributed by atoms with Gasteiger partial charge < -0.3 is 0 Å². The Labute approximate surface area is 164 Å². The molecule has 4 rings (SSSR count). The average molecular weight is 371 g/mol. The number of hydrogen-bond donors (Lipinski definition) is 0. The average Bonchev–Trinajstić information content (AvgIpc) is 2.74. The Balaban J connectivity index is 1.72. The number of hydrogen-bond acceptors (Lipinski definition) is 2. The summed E-state index contributed by atoms with van der Waals surface area (Å²) in [7, 11) is 0. The van der Waals surface area contributed by atoms with Crippen molar-refractivity contribution in [2.24, 2.45) is 0 Å². The molecular formula is C24H19ClN2. The van der Waals surface area contributed by atoms with Gasteiger partial charge in [0.05, 0.1) is 11.4 Å². The molecule has 0 aliphatic carbocycles. The van der Waals surface area contributed by atoms with Gasteiger partial charge in [-0.25, -0.2) is 0 Å². The van der Waals surface area contributed by atoms with Gasteiger partial charge in [-0.2, -0.15) is 10.2 Å². The number of rotatable bonds is 5.